The lowest BCUT2D eigenvalue weighted by molar-refractivity contribution is -0.0508. The first-order chi connectivity index (χ1) is 11.0. The number of ether oxygens (including phenoxy) is 1. The molecule has 0 amide bonds. The fourth-order valence-electron chi connectivity index (χ4n) is 6.80. The number of fused-ring (bicyclic) bond motifs is 4. The third kappa shape index (κ3) is 2.17. The Kier molecular flexibility index (Phi) is 3.68. The molecule has 2 heteroatoms. The number of aliphatic hydroxyl groups excluding tert-OH is 1. The first-order valence-electron chi connectivity index (χ1n) is 9.57. The van der Waals surface area contributed by atoms with E-state index in [0.29, 0.717) is 11.8 Å². The zero-order valence-corrected chi connectivity index (χ0v) is 15.1. The smallest absolute Gasteiger partial charge is 0.0959 e. The van der Waals surface area contributed by atoms with Crippen molar-refractivity contribution in [2.75, 3.05) is 7.11 Å². The molecule has 0 aromatic carbocycles. The maximum Gasteiger partial charge on any atom is 0.0959 e. The van der Waals surface area contributed by atoms with Gasteiger partial charge in [0.25, 0.3) is 0 Å². The Bertz CT molecular complexity index is 560. The van der Waals surface area contributed by atoms with Crippen LogP contribution in [0.3, 0.4) is 0 Å². The van der Waals surface area contributed by atoms with E-state index < -0.39 is 0 Å². The highest BCUT2D eigenvalue weighted by molar-refractivity contribution is 5.33. The third-order valence-corrected chi connectivity index (χ3v) is 7.94. The van der Waals surface area contributed by atoms with Crippen LogP contribution < -0.4 is 0 Å². The Labute approximate surface area is 141 Å². The molecule has 0 aliphatic heterocycles. The van der Waals surface area contributed by atoms with E-state index in [1.807, 2.05) is 0 Å². The molecule has 7 atom stereocenters. The summed E-state index contributed by atoms with van der Waals surface area (Å²) in [6.07, 6.45) is 9.32. The minimum Gasteiger partial charge on any atom is -0.501 e. The Morgan fingerprint density at radius 1 is 1.26 bits per heavy atom. The molecular formula is C21H32O2. The van der Waals surface area contributed by atoms with Crippen LogP contribution in [-0.4, -0.2) is 18.3 Å². The van der Waals surface area contributed by atoms with Crippen LogP contribution >= 0.6 is 0 Å². The van der Waals surface area contributed by atoms with Crippen LogP contribution in [0, 0.1) is 35.0 Å². The van der Waals surface area contributed by atoms with Crippen LogP contribution in [0.25, 0.3) is 0 Å². The molecule has 0 spiro atoms. The molecule has 0 unspecified atom stereocenters. The Balaban J connectivity index is 1.66. The number of allylic oxidation sites excluding steroid dienone is 3. The van der Waals surface area contributed by atoms with Crippen molar-refractivity contribution in [3.63, 3.8) is 0 Å². The summed E-state index contributed by atoms with van der Waals surface area (Å²) in [7, 11) is 1.81. The number of hydrogen-bond donors (Lipinski definition) is 1. The molecule has 0 bridgehead atoms. The van der Waals surface area contributed by atoms with Gasteiger partial charge >= 0.3 is 0 Å². The minimum absolute atomic E-state index is 0.0950. The largest absolute Gasteiger partial charge is 0.501 e. The van der Waals surface area contributed by atoms with Gasteiger partial charge in [-0.1, -0.05) is 31.9 Å². The monoisotopic (exact) mass is 316 g/mol. The van der Waals surface area contributed by atoms with Gasteiger partial charge in [-0.25, -0.2) is 0 Å². The number of aliphatic hydroxyl groups is 1. The summed E-state index contributed by atoms with van der Waals surface area (Å²) in [5, 5.41) is 10.8. The van der Waals surface area contributed by atoms with Crippen molar-refractivity contribution < 1.29 is 9.84 Å². The second-order valence-electron chi connectivity index (χ2n) is 9.06. The lowest BCUT2D eigenvalue weighted by atomic mass is 9.52. The molecule has 2 saturated carbocycles. The molecule has 0 aromatic rings. The fourth-order valence-corrected chi connectivity index (χ4v) is 6.80. The van der Waals surface area contributed by atoms with Gasteiger partial charge < -0.3 is 9.84 Å². The van der Waals surface area contributed by atoms with Crippen molar-refractivity contribution in [2.24, 2.45) is 35.0 Å². The molecule has 0 heterocycles. The van der Waals surface area contributed by atoms with Gasteiger partial charge in [-0.15, -0.1) is 0 Å². The summed E-state index contributed by atoms with van der Waals surface area (Å²) in [6.45, 7) is 7.10. The standard InChI is InChI=1S/C21H32O2/c1-12-9-14-11-15(23-4)5-6-16(14)17-7-8-21(3)18(19(12)17)10-13(2)20(21)22/h5,12-13,17-20,22H,6-11H2,1-4H3/t12-,13-,17-,18-,19-,20-,21+/m1/s1. The van der Waals surface area contributed by atoms with Crippen LogP contribution in [0.5, 0.6) is 0 Å². The molecule has 1 N–H and O–H groups in total. The summed E-state index contributed by atoms with van der Waals surface area (Å²) in [4.78, 5) is 0. The van der Waals surface area contributed by atoms with Gasteiger partial charge in [-0.2, -0.15) is 0 Å². The molecule has 23 heavy (non-hydrogen) atoms. The van der Waals surface area contributed by atoms with E-state index in [0.717, 1.165) is 30.6 Å². The van der Waals surface area contributed by atoms with Gasteiger partial charge in [0.1, 0.15) is 0 Å². The van der Waals surface area contributed by atoms with E-state index >= 15 is 0 Å². The van der Waals surface area contributed by atoms with E-state index in [4.69, 9.17) is 4.74 Å². The lowest BCUT2D eigenvalue weighted by Gasteiger charge is -2.53. The minimum atomic E-state index is -0.0950. The van der Waals surface area contributed by atoms with Crippen LogP contribution in [0.2, 0.25) is 0 Å². The summed E-state index contributed by atoms with van der Waals surface area (Å²) < 4.78 is 5.52. The number of methoxy groups -OCH3 is 1. The summed E-state index contributed by atoms with van der Waals surface area (Å²) in [6, 6.07) is 0. The Morgan fingerprint density at radius 3 is 2.78 bits per heavy atom. The summed E-state index contributed by atoms with van der Waals surface area (Å²) in [5.74, 6) is 4.64. The Morgan fingerprint density at radius 2 is 2.04 bits per heavy atom. The second kappa shape index (κ2) is 5.37. The van der Waals surface area contributed by atoms with E-state index in [-0.39, 0.29) is 11.5 Å². The highest BCUT2D eigenvalue weighted by atomic mass is 16.5. The van der Waals surface area contributed by atoms with Gasteiger partial charge in [0.15, 0.2) is 0 Å². The maximum absolute atomic E-state index is 10.8. The van der Waals surface area contributed by atoms with Crippen molar-refractivity contribution in [3.05, 3.63) is 23.0 Å². The topological polar surface area (TPSA) is 29.5 Å². The molecular weight excluding hydrogens is 284 g/mol. The summed E-state index contributed by atoms with van der Waals surface area (Å²) in [5.41, 5.74) is 3.58. The average molecular weight is 316 g/mol. The van der Waals surface area contributed by atoms with Crippen molar-refractivity contribution in [3.8, 4) is 0 Å². The first kappa shape index (κ1) is 15.7. The van der Waals surface area contributed by atoms with Crippen LogP contribution in [0.1, 0.15) is 59.3 Å². The van der Waals surface area contributed by atoms with Crippen LogP contribution in [0.4, 0.5) is 0 Å². The highest BCUT2D eigenvalue weighted by Crippen LogP contribution is 2.63. The maximum atomic E-state index is 10.8. The lowest BCUT2D eigenvalue weighted by Crippen LogP contribution is -2.47. The van der Waals surface area contributed by atoms with E-state index in [9.17, 15) is 5.11 Å². The predicted molar refractivity (Wildman–Crippen MR) is 92.7 cm³/mol. The highest BCUT2D eigenvalue weighted by Gasteiger charge is 2.58. The van der Waals surface area contributed by atoms with Gasteiger partial charge in [0.05, 0.1) is 19.0 Å². The van der Waals surface area contributed by atoms with Gasteiger partial charge in [-0.05, 0) is 73.2 Å². The molecule has 4 aliphatic carbocycles. The first-order valence-corrected chi connectivity index (χ1v) is 9.57. The van der Waals surface area contributed by atoms with Gasteiger partial charge in [0, 0.05) is 6.42 Å². The van der Waals surface area contributed by atoms with Gasteiger partial charge in [-0.3, -0.25) is 0 Å². The molecule has 2 fully saturated rings. The quantitative estimate of drug-likeness (QED) is 0.711. The van der Waals surface area contributed by atoms with E-state index in [1.54, 1.807) is 18.3 Å². The zero-order chi connectivity index (χ0) is 16.4. The summed E-state index contributed by atoms with van der Waals surface area (Å²) >= 11 is 0. The molecule has 0 radical (unpaired) electrons. The molecule has 0 saturated heterocycles. The van der Waals surface area contributed by atoms with Crippen molar-refractivity contribution in [1.29, 1.82) is 0 Å². The van der Waals surface area contributed by atoms with Crippen molar-refractivity contribution in [1.82, 2.24) is 0 Å². The third-order valence-electron chi connectivity index (χ3n) is 7.94. The fraction of sp³-hybridized carbons (Fsp3) is 0.810. The Hall–Kier alpha value is -0.760. The molecule has 128 valence electrons. The molecule has 2 nitrogen and oxygen atoms in total. The molecule has 4 aliphatic rings. The SMILES string of the molecule is COC1=CCC2=C(C1)C[C@@H](C)[C@@H]1[C@@H]2CC[C@]2(C)[C@H](O)[C@H](C)C[C@H]12. The normalized spacial score (nSPS) is 49.2. The van der Waals surface area contributed by atoms with E-state index in [2.05, 4.69) is 26.8 Å². The number of rotatable bonds is 1. The molecule has 0 aromatic heterocycles. The second-order valence-corrected chi connectivity index (χ2v) is 9.06. The van der Waals surface area contributed by atoms with Crippen LogP contribution in [0.15, 0.2) is 23.0 Å². The molecule has 4 rings (SSSR count). The van der Waals surface area contributed by atoms with E-state index in [1.165, 1.54) is 31.4 Å². The van der Waals surface area contributed by atoms with Crippen LogP contribution in [-0.2, 0) is 4.74 Å². The zero-order valence-electron chi connectivity index (χ0n) is 15.1. The predicted octanol–water partition coefficient (Wildman–Crippen LogP) is 4.70. The van der Waals surface area contributed by atoms with Crippen molar-refractivity contribution >= 4 is 0 Å². The van der Waals surface area contributed by atoms with Crippen molar-refractivity contribution in [2.45, 2.75) is 65.4 Å². The average Bonchev–Trinajstić information content (AvgIpc) is 2.77. The number of hydrogen-bond acceptors (Lipinski definition) is 2. The van der Waals surface area contributed by atoms with Gasteiger partial charge in [0.2, 0.25) is 0 Å².